The van der Waals surface area contributed by atoms with E-state index < -0.39 is 0 Å². The van der Waals surface area contributed by atoms with E-state index in [0.717, 1.165) is 35.4 Å². The summed E-state index contributed by atoms with van der Waals surface area (Å²) in [4.78, 5) is 4.55. The first-order valence-electron chi connectivity index (χ1n) is 6.56. The van der Waals surface area contributed by atoms with Crippen LogP contribution in [-0.4, -0.2) is 18.1 Å². The summed E-state index contributed by atoms with van der Waals surface area (Å²) in [6.45, 7) is 2.33. The van der Waals surface area contributed by atoms with Gasteiger partial charge in [0.15, 0.2) is 0 Å². The van der Waals surface area contributed by atoms with E-state index >= 15 is 0 Å². The molecule has 3 heteroatoms. The van der Waals surface area contributed by atoms with Gasteiger partial charge in [0.1, 0.15) is 0 Å². The fourth-order valence-corrected chi connectivity index (χ4v) is 3.06. The molecule has 0 amide bonds. The molecule has 1 aromatic heterocycles. The van der Waals surface area contributed by atoms with Crippen LogP contribution in [0.3, 0.4) is 0 Å². The lowest BCUT2D eigenvalue weighted by atomic mass is 9.91. The van der Waals surface area contributed by atoms with Crippen LogP contribution in [0.1, 0.15) is 18.4 Å². The Morgan fingerprint density at radius 3 is 2.89 bits per heavy atom. The fourth-order valence-electron chi connectivity index (χ4n) is 2.68. The van der Waals surface area contributed by atoms with Gasteiger partial charge in [0.2, 0.25) is 0 Å². The lowest BCUT2D eigenvalue weighted by Crippen LogP contribution is -2.28. The minimum absolute atomic E-state index is 0.817. The minimum Gasteiger partial charge on any atom is -0.317 e. The summed E-state index contributed by atoms with van der Waals surface area (Å²) < 4.78 is 1.12. The third kappa shape index (κ3) is 2.73. The van der Waals surface area contributed by atoms with E-state index in [1.165, 1.54) is 23.8 Å². The molecule has 2 nitrogen and oxygen atoms in total. The van der Waals surface area contributed by atoms with E-state index in [1.54, 1.807) is 0 Å². The number of pyridine rings is 1. The molecule has 1 aliphatic heterocycles. The number of benzene rings is 1. The Hall–Kier alpha value is -0.930. The summed E-state index contributed by atoms with van der Waals surface area (Å²) in [7, 11) is 0. The molecule has 2 heterocycles. The van der Waals surface area contributed by atoms with E-state index in [0.29, 0.717) is 0 Å². The molecule has 1 fully saturated rings. The monoisotopic (exact) mass is 304 g/mol. The quantitative estimate of drug-likeness (QED) is 0.918. The maximum atomic E-state index is 4.55. The van der Waals surface area contributed by atoms with Crippen LogP contribution in [0, 0.1) is 5.92 Å². The average Bonchev–Trinajstić information content (AvgIpc) is 2.39. The zero-order chi connectivity index (χ0) is 12.4. The summed E-state index contributed by atoms with van der Waals surface area (Å²) in [5.74, 6) is 0.817. The number of piperidine rings is 1. The SMILES string of the molecule is Brc1ccc2ncc(CC3CCNCC3)cc2c1. The van der Waals surface area contributed by atoms with Crippen LogP contribution in [0.25, 0.3) is 10.9 Å². The Labute approximate surface area is 116 Å². The third-order valence-corrected chi connectivity index (χ3v) is 4.18. The first-order chi connectivity index (χ1) is 8.81. The van der Waals surface area contributed by atoms with Crippen molar-refractivity contribution >= 4 is 26.8 Å². The van der Waals surface area contributed by atoms with Crippen molar-refractivity contribution in [2.75, 3.05) is 13.1 Å². The second-order valence-electron chi connectivity index (χ2n) is 5.08. The second kappa shape index (κ2) is 5.37. The Bertz CT molecular complexity index is 547. The number of fused-ring (bicyclic) bond motifs is 1. The molecule has 1 aromatic carbocycles. The molecule has 0 unspecified atom stereocenters. The minimum atomic E-state index is 0.817. The molecule has 94 valence electrons. The van der Waals surface area contributed by atoms with Gasteiger partial charge in [0, 0.05) is 16.1 Å². The van der Waals surface area contributed by atoms with Gasteiger partial charge in [-0.25, -0.2) is 0 Å². The molecule has 1 aliphatic rings. The van der Waals surface area contributed by atoms with Crippen molar-refractivity contribution in [1.29, 1.82) is 0 Å². The fraction of sp³-hybridized carbons (Fsp3) is 0.400. The summed E-state index contributed by atoms with van der Waals surface area (Å²) >= 11 is 3.52. The molecule has 0 aliphatic carbocycles. The number of hydrogen-bond donors (Lipinski definition) is 1. The molecular weight excluding hydrogens is 288 g/mol. The molecule has 0 spiro atoms. The van der Waals surface area contributed by atoms with Crippen LogP contribution in [0.5, 0.6) is 0 Å². The first kappa shape index (κ1) is 12.1. The lowest BCUT2D eigenvalue weighted by Gasteiger charge is -2.22. The largest absolute Gasteiger partial charge is 0.317 e. The molecule has 0 radical (unpaired) electrons. The van der Waals surface area contributed by atoms with Gasteiger partial charge in [-0.3, -0.25) is 4.98 Å². The Morgan fingerprint density at radius 1 is 1.22 bits per heavy atom. The summed E-state index contributed by atoms with van der Waals surface area (Å²) in [6, 6.07) is 8.54. The molecule has 0 bridgehead atoms. The van der Waals surface area contributed by atoms with E-state index in [4.69, 9.17) is 0 Å². The zero-order valence-electron chi connectivity index (χ0n) is 10.3. The Kier molecular flexibility index (Phi) is 3.62. The molecule has 18 heavy (non-hydrogen) atoms. The average molecular weight is 305 g/mol. The normalized spacial score (nSPS) is 17.2. The van der Waals surface area contributed by atoms with Gasteiger partial charge in [0.05, 0.1) is 5.52 Å². The highest BCUT2D eigenvalue weighted by molar-refractivity contribution is 9.10. The summed E-state index contributed by atoms with van der Waals surface area (Å²) in [6.07, 6.45) is 5.78. The summed E-state index contributed by atoms with van der Waals surface area (Å²) in [5, 5.41) is 4.65. The van der Waals surface area contributed by atoms with Crippen LogP contribution in [-0.2, 0) is 6.42 Å². The van der Waals surface area contributed by atoms with Crippen molar-refractivity contribution in [2.24, 2.45) is 5.92 Å². The van der Waals surface area contributed by atoms with Gasteiger partial charge in [-0.15, -0.1) is 0 Å². The predicted molar refractivity (Wildman–Crippen MR) is 78.7 cm³/mol. The summed E-state index contributed by atoms with van der Waals surface area (Å²) in [5.41, 5.74) is 2.44. The highest BCUT2D eigenvalue weighted by atomic mass is 79.9. The van der Waals surface area contributed by atoms with Crippen LogP contribution < -0.4 is 5.32 Å². The number of hydrogen-bond acceptors (Lipinski definition) is 2. The molecule has 2 aromatic rings. The third-order valence-electron chi connectivity index (χ3n) is 3.68. The van der Waals surface area contributed by atoms with E-state index in [9.17, 15) is 0 Å². The number of rotatable bonds is 2. The maximum Gasteiger partial charge on any atom is 0.0702 e. The van der Waals surface area contributed by atoms with E-state index in [-0.39, 0.29) is 0 Å². The standard InChI is InChI=1S/C15H17BrN2/c16-14-1-2-15-13(9-14)8-12(10-18-15)7-11-3-5-17-6-4-11/h1-2,8-11,17H,3-7H2. The van der Waals surface area contributed by atoms with Crippen molar-refractivity contribution in [1.82, 2.24) is 10.3 Å². The molecule has 0 atom stereocenters. The predicted octanol–water partition coefficient (Wildman–Crippen LogP) is 3.54. The number of halogens is 1. The number of nitrogens with one attached hydrogen (secondary N) is 1. The van der Waals surface area contributed by atoms with Crippen molar-refractivity contribution < 1.29 is 0 Å². The highest BCUT2D eigenvalue weighted by Crippen LogP contribution is 2.22. The molecule has 1 N–H and O–H groups in total. The molecule has 1 saturated heterocycles. The van der Waals surface area contributed by atoms with Gasteiger partial charge < -0.3 is 5.32 Å². The van der Waals surface area contributed by atoms with Crippen molar-refractivity contribution in [3.8, 4) is 0 Å². The maximum absolute atomic E-state index is 4.55. The van der Waals surface area contributed by atoms with Crippen LogP contribution in [0.15, 0.2) is 34.9 Å². The molecule has 3 rings (SSSR count). The zero-order valence-corrected chi connectivity index (χ0v) is 11.9. The van der Waals surface area contributed by atoms with E-state index in [1.807, 2.05) is 12.3 Å². The van der Waals surface area contributed by atoms with Gasteiger partial charge in [-0.05, 0) is 68.1 Å². The van der Waals surface area contributed by atoms with Crippen molar-refractivity contribution in [2.45, 2.75) is 19.3 Å². The van der Waals surface area contributed by atoms with Crippen LogP contribution >= 0.6 is 15.9 Å². The highest BCUT2D eigenvalue weighted by Gasteiger charge is 2.13. The van der Waals surface area contributed by atoms with Gasteiger partial charge in [-0.2, -0.15) is 0 Å². The Morgan fingerprint density at radius 2 is 2.06 bits per heavy atom. The number of nitrogens with zero attached hydrogens (tertiary/aromatic N) is 1. The molecule has 0 saturated carbocycles. The van der Waals surface area contributed by atoms with Crippen molar-refractivity contribution in [3.05, 3.63) is 40.5 Å². The van der Waals surface area contributed by atoms with Gasteiger partial charge >= 0.3 is 0 Å². The van der Waals surface area contributed by atoms with Gasteiger partial charge in [-0.1, -0.05) is 15.9 Å². The number of aromatic nitrogens is 1. The van der Waals surface area contributed by atoms with Gasteiger partial charge in [0.25, 0.3) is 0 Å². The van der Waals surface area contributed by atoms with Crippen LogP contribution in [0.4, 0.5) is 0 Å². The smallest absolute Gasteiger partial charge is 0.0702 e. The first-order valence-corrected chi connectivity index (χ1v) is 7.35. The van der Waals surface area contributed by atoms with Crippen molar-refractivity contribution in [3.63, 3.8) is 0 Å². The Balaban J connectivity index is 1.83. The molecular formula is C15H17BrN2. The second-order valence-corrected chi connectivity index (χ2v) is 5.99. The van der Waals surface area contributed by atoms with E-state index in [2.05, 4.69) is 44.4 Å². The topological polar surface area (TPSA) is 24.9 Å². The lowest BCUT2D eigenvalue weighted by molar-refractivity contribution is 0.372. The van der Waals surface area contributed by atoms with Crippen LogP contribution in [0.2, 0.25) is 0 Å².